The molecule has 0 aromatic heterocycles. The molecule has 2 rings (SSSR count). The second kappa shape index (κ2) is 6.21. The first-order chi connectivity index (χ1) is 7.86. The Morgan fingerprint density at radius 1 is 1.19 bits per heavy atom. The van der Waals surface area contributed by atoms with Crippen molar-refractivity contribution in [2.45, 2.75) is 38.1 Å². The molecule has 4 heteroatoms. The van der Waals surface area contributed by atoms with Crippen molar-refractivity contribution >= 4 is 5.91 Å². The van der Waals surface area contributed by atoms with Crippen molar-refractivity contribution in [2.24, 2.45) is 5.92 Å². The first-order valence-electron chi connectivity index (χ1n) is 6.45. The van der Waals surface area contributed by atoms with Crippen LogP contribution in [0.25, 0.3) is 0 Å². The molecule has 0 aromatic rings. The Labute approximate surface area is 97.1 Å². The number of carbonyl (C=O) groups is 1. The lowest BCUT2D eigenvalue weighted by Crippen LogP contribution is -2.44. The van der Waals surface area contributed by atoms with Crippen LogP contribution in [0.2, 0.25) is 0 Å². The molecule has 0 aliphatic carbocycles. The Balaban J connectivity index is 1.76. The van der Waals surface area contributed by atoms with Gasteiger partial charge in [-0.15, -0.1) is 0 Å². The molecule has 0 aromatic carbocycles. The quantitative estimate of drug-likeness (QED) is 0.727. The first kappa shape index (κ1) is 11.9. The minimum atomic E-state index is 0.179. The Bertz CT molecular complexity index is 219. The van der Waals surface area contributed by atoms with Gasteiger partial charge in [-0.1, -0.05) is 0 Å². The van der Waals surface area contributed by atoms with Crippen LogP contribution in [0, 0.1) is 5.92 Å². The number of rotatable bonds is 2. The number of carbonyl (C=O) groups excluding carboxylic acids is 1. The molecule has 1 unspecified atom stereocenters. The van der Waals surface area contributed by atoms with Gasteiger partial charge in [0.1, 0.15) is 0 Å². The third kappa shape index (κ3) is 3.46. The van der Waals surface area contributed by atoms with Crippen LogP contribution in [0.1, 0.15) is 32.1 Å². The standard InChI is InChI=1S/C12H22N2O2/c15-12(10-3-1-6-13-9-10)14-11-4-2-7-16-8-5-11/h10-11,13H,1-9H2,(H,14,15)/t10-,11?/m1/s1. The predicted molar refractivity (Wildman–Crippen MR) is 62.2 cm³/mol. The van der Waals surface area contributed by atoms with Crippen LogP contribution in [0.3, 0.4) is 0 Å². The molecule has 0 saturated carbocycles. The topological polar surface area (TPSA) is 50.4 Å². The van der Waals surface area contributed by atoms with Crippen LogP contribution >= 0.6 is 0 Å². The van der Waals surface area contributed by atoms with E-state index in [-0.39, 0.29) is 11.8 Å². The van der Waals surface area contributed by atoms with Crippen LogP contribution in [0.4, 0.5) is 0 Å². The number of piperidine rings is 1. The monoisotopic (exact) mass is 226 g/mol. The number of amides is 1. The maximum absolute atomic E-state index is 12.0. The van der Waals surface area contributed by atoms with Crippen LogP contribution in [0.5, 0.6) is 0 Å². The Morgan fingerprint density at radius 2 is 2.12 bits per heavy atom. The van der Waals surface area contributed by atoms with Gasteiger partial charge in [0, 0.05) is 25.8 Å². The lowest BCUT2D eigenvalue weighted by atomic mass is 9.98. The SMILES string of the molecule is O=C(NC1CCCOCC1)[C@@H]1CCCNC1. The molecule has 1 amide bonds. The van der Waals surface area contributed by atoms with Crippen molar-refractivity contribution in [1.29, 1.82) is 0 Å². The minimum Gasteiger partial charge on any atom is -0.381 e. The predicted octanol–water partition coefficient (Wildman–Crippen LogP) is 0.671. The molecule has 92 valence electrons. The van der Waals surface area contributed by atoms with Crippen molar-refractivity contribution in [1.82, 2.24) is 10.6 Å². The van der Waals surface area contributed by atoms with E-state index in [4.69, 9.17) is 4.74 Å². The van der Waals surface area contributed by atoms with Gasteiger partial charge >= 0.3 is 0 Å². The van der Waals surface area contributed by atoms with Gasteiger partial charge in [0.25, 0.3) is 0 Å². The largest absolute Gasteiger partial charge is 0.381 e. The summed E-state index contributed by atoms with van der Waals surface area (Å²) in [6.45, 7) is 3.53. The summed E-state index contributed by atoms with van der Waals surface area (Å²) in [5, 5.41) is 6.45. The van der Waals surface area contributed by atoms with Crippen molar-refractivity contribution in [3.8, 4) is 0 Å². The van der Waals surface area contributed by atoms with Crippen LogP contribution < -0.4 is 10.6 Å². The molecule has 2 atom stereocenters. The molecule has 0 radical (unpaired) electrons. The molecule has 16 heavy (non-hydrogen) atoms. The summed E-state index contributed by atoms with van der Waals surface area (Å²) in [7, 11) is 0. The van der Waals surface area contributed by atoms with Gasteiger partial charge in [0.2, 0.25) is 5.91 Å². The van der Waals surface area contributed by atoms with E-state index >= 15 is 0 Å². The zero-order valence-corrected chi connectivity index (χ0v) is 9.84. The second-order valence-corrected chi connectivity index (χ2v) is 4.79. The zero-order valence-electron chi connectivity index (χ0n) is 9.84. The van der Waals surface area contributed by atoms with E-state index in [0.717, 1.165) is 58.4 Å². The van der Waals surface area contributed by atoms with E-state index in [1.807, 2.05) is 0 Å². The maximum atomic E-state index is 12.0. The van der Waals surface area contributed by atoms with E-state index in [9.17, 15) is 4.79 Å². The Kier molecular flexibility index (Phi) is 4.60. The molecule has 0 spiro atoms. The smallest absolute Gasteiger partial charge is 0.224 e. The summed E-state index contributed by atoms with van der Waals surface area (Å²) in [6, 6.07) is 0.330. The summed E-state index contributed by atoms with van der Waals surface area (Å²) < 4.78 is 5.39. The van der Waals surface area contributed by atoms with Gasteiger partial charge in [-0.05, 0) is 38.6 Å². The molecule has 0 bridgehead atoms. The Morgan fingerprint density at radius 3 is 2.94 bits per heavy atom. The molecular weight excluding hydrogens is 204 g/mol. The number of ether oxygens (including phenoxy) is 1. The maximum Gasteiger partial charge on any atom is 0.224 e. The summed E-state index contributed by atoms with van der Waals surface area (Å²) >= 11 is 0. The van der Waals surface area contributed by atoms with Crippen molar-refractivity contribution in [3.63, 3.8) is 0 Å². The average Bonchev–Trinajstić information content (AvgIpc) is 2.59. The molecule has 4 nitrogen and oxygen atoms in total. The summed E-state index contributed by atoms with van der Waals surface area (Å²) in [5.74, 6) is 0.414. The van der Waals surface area contributed by atoms with Crippen molar-refractivity contribution in [2.75, 3.05) is 26.3 Å². The molecule has 2 heterocycles. The van der Waals surface area contributed by atoms with Gasteiger partial charge in [0.05, 0.1) is 5.92 Å². The van der Waals surface area contributed by atoms with Crippen LogP contribution in [-0.2, 0) is 9.53 Å². The second-order valence-electron chi connectivity index (χ2n) is 4.79. The van der Waals surface area contributed by atoms with Gasteiger partial charge < -0.3 is 15.4 Å². The fraction of sp³-hybridized carbons (Fsp3) is 0.917. The van der Waals surface area contributed by atoms with Gasteiger partial charge in [-0.25, -0.2) is 0 Å². The number of hydrogen-bond acceptors (Lipinski definition) is 3. The van der Waals surface area contributed by atoms with Crippen molar-refractivity contribution in [3.05, 3.63) is 0 Å². The van der Waals surface area contributed by atoms with E-state index < -0.39 is 0 Å². The highest BCUT2D eigenvalue weighted by molar-refractivity contribution is 5.79. The van der Waals surface area contributed by atoms with Crippen LogP contribution in [-0.4, -0.2) is 38.3 Å². The van der Waals surface area contributed by atoms with Crippen molar-refractivity contribution < 1.29 is 9.53 Å². The third-order valence-electron chi connectivity index (χ3n) is 3.47. The lowest BCUT2D eigenvalue weighted by Gasteiger charge is -2.24. The average molecular weight is 226 g/mol. The Hall–Kier alpha value is -0.610. The summed E-state index contributed by atoms with van der Waals surface area (Å²) in [4.78, 5) is 12.0. The molecular formula is C12H22N2O2. The number of hydrogen-bond donors (Lipinski definition) is 2. The van der Waals surface area contributed by atoms with E-state index in [1.165, 1.54) is 0 Å². The fourth-order valence-corrected chi connectivity index (χ4v) is 2.44. The van der Waals surface area contributed by atoms with Crippen LogP contribution in [0.15, 0.2) is 0 Å². The number of nitrogens with one attached hydrogen (secondary N) is 2. The molecule has 2 N–H and O–H groups in total. The van der Waals surface area contributed by atoms with E-state index in [2.05, 4.69) is 10.6 Å². The highest BCUT2D eigenvalue weighted by atomic mass is 16.5. The fourth-order valence-electron chi connectivity index (χ4n) is 2.44. The molecule has 2 saturated heterocycles. The van der Waals surface area contributed by atoms with Gasteiger partial charge in [-0.2, -0.15) is 0 Å². The highest BCUT2D eigenvalue weighted by Crippen LogP contribution is 2.13. The normalized spacial score (nSPS) is 31.8. The summed E-state index contributed by atoms with van der Waals surface area (Å²) in [5.41, 5.74) is 0. The summed E-state index contributed by atoms with van der Waals surface area (Å²) in [6.07, 6.45) is 5.24. The molecule has 2 aliphatic rings. The highest BCUT2D eigenvalue weighted by Gasteiger charge is 2.23. The van der Waals surface area contributed by atoms with E-state index in [0.29, 0.717) is 6.04 Å². The minimum absolute atomic E-state index is 0.179. The zero-order chi connectivity index (χ0) is 11.2. The van der Waals surface area contributed by atoms with E-state index in [1.54, 1.807) is 0 Å². The molecule has 2 fully saturated rings. The van der Waals surface area contributed by atoms with Gasteiger partial charge in [-0.3, -0.25) is 4.79 Å². The molecule has 2 aliphatic heterocycles. The lowest BCUT2D eigenvalue weighted by molar-refractivity contribution is -0.126. The first-order valence-corrected chi connectivity index (χ1v) is 6.45. The van der Waals surface area contributed by atoms with Gasteiger partial charge in [0.15, 0.2) is 0 Å². The third-order valence-corrected chi connectivity index (χ3v) is 3.47.